The maximum Gasteiger partial charge on any atom is 0.328 e. The lowest BCUT2D eigenvalue weighted by atomic mass is 10.1. The third-order valence-electron chi connectivity index (χ3n) is 3.23. The Kier molecular flexibility index (Phi) is 17.3. The minimum Gasteiger partial charge on any atom is -0.478 e. The van der Waals surface area contributed by atoms with E-state index in [0.717, 1.165) is 38.2 Å². The predicted octanol–water partition coefficient (Wildman–Crippen LogP) is 6.55. The van der Waals surface area contributed by atoms with Gasteiger partial charge >= 0.3 is 5.97 Å². The molecular formula is C22H32O2. The van der Waals surface area contributed by atoms with Crippen molar-refractivity contribution in [3.63, 3.8) is 0 Å². The highest BCUT2D eigenvalue weighted by molar-refractivity contribution is 5.80. The highest BCUT2D eigenvalue weighted by Crippen LogP contribution is 2.05. The first-order valence-corrected chi connectivity index (χ1v) is 8.95. The molecule has 0 heterocycles. The van der Waals surface area contributed by atoms with Gasteiger partial charge in [-0.05, 0) is 44.9 Å². The van der Waals surface area contributed by atoms with Crippen LogP contribution in [0.2, 0.25) is 0 Å². The van der Waals surface area contributed by atoms with E-state index in [1.807, 2.05) is 12.2 Å². The van der Waals surface area contributed by atoms with E-state index >= 15 is 0 Å². The standard InChI is InChI=1S/C22H32O2/c1-2-3-4-5-6-7-8-9-10-11-12-13-14-15-16-17-18-19-20-21-22(23)24/h3-4,6-7,9-10,16-21H,2,5,8,11-15H2,1H3,(H,23,24). The molecular weight excluding hydrogens is 296 g/mol. The van der Waals surface area contributed by atoms with E-state index in [1.54, 1.807) is 6.08 Å². The van der Waals surface area contributed by atoms with Crippen LogP contribution in [0.4, 0.5) is 0 Å². The van der Waals surface area contributed by atoms with E-state index in [-0.39, 0.29) is 0 Å². The van der Waals surface area contributed by atoms with Crippen LogP contribution in [0.25, 0.3) is 0 Å². The predicted molar refractivity (Wildman–Crippen MR) is 105 cm³/mol. The number of hydrogen-bond donors (Lipinski definition) is 1. The topological polar surface area (TPSA) is 37.3 Å². The average molecular weight is 328 g/mol. The SMILES string of the molecule is CCC=CCC=CCC=CCCCCCC=CC=CC=CC(=O)O. The van der Waals surface area contributed by atoms with Crippen LogP contribution < -0.4 is 0 Å². The zero-order valence-corrected chi connectivity index (χ0v) is 14.9. The van der Waals surface area contributed by atoms with E-state index < -0.39 is 5.97 Å². The Morgan fingerprint density at radius 3 is 1.96 bits per heavy atom. The smallest absolute Gasteiger partial charge is 0.328 e. The summed E-state index contributed by atoms with van der Waals surface area (Å²) >= 11 is 0. The van der Waals surface area contributed by atoms with E-state index in [0.29, 0.717) is 0 Å². The van der Waals surface area contributed by atoms with Crippen molar-refractivity contribution >= 4 is 5.97 Å². The Labute approximate surface area is 147 Å². The lowest BCUT2D eigenvalue weighted by Crippen LogP contribution is -1.84. The summed E-state index contributed by atoms with van der Waals surface area (Å²) in [6.45, 7) is 2.15. The summed E-state index contributed by atoms with van der Waals surface area (Å²) in [5.41, 5.74) is 0. The molecule has 0 aliphatic carbocycles. The fraction of sp³-hybridized carbons (Fsp3) is 0.409. The first kappa shape index (κ1) is 21.9. The molecule has 0 saturated heterocycles. The fourth-order valence-electron chi connectivity index (χ4n) is 1.97. The van der Waals surface area contributed by atoms with Crippen LogP contribution in [0.3, 0.4) is 0 Å². The van der Waals surface area contributed by atoms with Crippen LogP contribution in [-0.4, -0.2) is 11.1 Å². The molecule has 0 aromatic heterocycles. The van der Waals surface area contributed by atoms with E-state index in [2.05, 4.69) is 49.5 Å². The summed E-state index contributed by atoms with van der Waals surface area (Å²) in [7, 11) is 0. The second-order valence-electron chi connectivity index (χ2n) is 5.44. The Balaban J connectivity index is 3.42. The molecule has 0 aromatic carbocycles. The number of carbonyl (C=O) groups is 1. The number of unbranched alkanes of at least 4 members (excludes halogenated alkanes) is 4. The number of allylic oxidation sites excluding steroid dienone is 11. The van der Waals surface area contributed by atoms with Crippen molar-refractivity contribution in [3.05, 3.63) is 72.9 Å². The fourth-order valence-corrected chi connectivity index (χ4v) is 1.97. The molecule has 0 radical (unpaired) electrons. The van der Waals surface area contributed by atoms with Crippen molar-refractivity contribution in [2.24, 2.45) is 0 Å². The second-order valence-corrected chi connectivity index (χ2v) is 5.44. The highest BCUT2D eigenvalue weighted by atomic mass is 16.4. The molecule has 24 heavy (non-hydrogen) atoms. The maximum atomic E-state index is 10.2. The lowest BCUT2D eigenvalue weighted by Gasteiger charge is -1.94. The molecule has 0 fully saturated rings. The first-order valence-electron chi connectivity index (χ1n) is 8.95. The van der Waals surface area contributed by atoms with Crippen LogP contribution >= 0.6 is 0 Å². The number of carboxylic acid groups (broad SMARTS) is 1. The van der Waals surface area contributed by atoms with Crippen LogP contribution in [0.5, 0.6) is 0 Å². The van der Waals surface area contributed by atoms with Gasteiger partial charge in [0, 0.05) is 6.08 Å². The van der Waals surface area contributed by atoms with E-state index in [9.17, 15) is 4.79 Å². The van der Waals surface area contributed by atoms with Gasteiger partial charge in [0.1, 0.15) is 0 Å². The Hall–Kier alpha value is -2.09. The van der Waals surface area contributed by atoms with E-state index in [4.69, 9.17) is 5.11 Å². The molecule has 0 rings (SSSR count). The average Bonchev–Trinajstić information content (AvgIpc) is 2.56. The van der Waals surface area contributed by atoms with Gasteiger partial charge in [-0.1, -0.05) is 80.2 Å². The molecule has 0 bridgehead atoms. The maximum absolute atomic E-state index is 10.2. The molecule has 0 saturated carbocycles. The molecule has 2 heteroatoms. The van der Waals surface area contributed by atoms with Gasteiger partial charge in [-0.25, -0.2) is 4.79 Å². The third-order valence-corrected chi connectivity index (χ3v) is 3.23. The van der Waals surface area contributed by atoms with Crippen molar-refractivity contribution < 1.29 is 9.90 Å². The molecule has 0 unspecified atom stereocenters. The first-order chi connectivity index (χ1) is 11.8. The summed E-state index contributed by atoms with van der Waals surface area (Å²) in [4.78, 5) is 10.2. The Morgan fingerprint density at radius 2 is 1.29 bits per heavy atom. The van der Waals surface area contributed by atoms with Gasteiger partial charge in [0.05, 0.1) is 0 Å². The van der Waals surface area contributed by atoms with Gasteiger partial charge in [0.25, 0.3) is 0 Å². The van der Waals surface area contributed by atoms with Crippen molar-refractivity contribution in [2.45, 2.75) is 58.3 Å². The minimum atomic E-state index is -0.919. The molecule has 2 nitrogen and oxygen atoms in total. The second kappa shape index (κ2) is 19.0. The lowest BCUT2D eigenvalue weighted by molar-refractivity contribution is -0.131. The van der Waals surface area contributed by atoms with Crippen LogP contribution in [-0.2, 0) is 4.79 Å². The third kappa shape index (κ3) is 19.9. The quantitative estimate of drug-likeness (QED) is 0.170. The largest absolute Gasteiger partial charge is 0.478 e. The number of carboxylic acids is 1. The van der Waals surface area contributed by atoms with Crippen molar-refractivity contribution in [1.82, 2.24) is 0 Å². The zero-order chi connectivity index (χ0) is 17.7. The van der Waals surface area contributed by atoms with Gasteiger partial charge in [-0.15, -0.1) is 0 Å². The van der Waals surface area contributed by atoms with Crippen LogP contribution in [0.15, 0.2) is 72.9 Å². The summed E-state index contributed by atoms with van der Waals surface area (Å²) in [5, 5.41) is 8.41. The number of hydrogen-bond acceptors (Lipinski definition) is 1. The Morgan fingerprint density at radius 1 is 0.708 bits per heavy atom. The number of rotatable bonds is 14. The molecule has 1 N–H and O–H groups in total. The minimum absolute atomic E-state index is 0.919. The number of aliphatic carboxylic acids is 1. The summed E-state index contributed by atoms with van der Waals surface area (Å²) in [5.74, 6) is -0.919. The molecule has 0 amide bonds. The molecule has 0 aliphatic rings. The van der Waals surface area contributed by atoms with Gasteiger partial charge in [-0.2, -0.15) is 0 Å². The molecule has 0 aromatic rings. The molecule has 0 atom stereocenters. The zero-order valence-electron chi connectivity index (χ0n) is 14.9. The van der Waals surface area contributed by atoms with Crippen molar-refractivity contribution in [1.29, 1.82) is 0 Å². The molecule has 0 spiro atoms. The molecule has 132 valence electrons. The van der Waals surface area contributed by atoms with Gasteiger partial charge in [0.15, 0.2) is 0 Å². The van der Waals surface area contributed by atoms with Gasteiger partial charge in [-0.3, -0.25) is 0 Å². The van der Waals surface area contributed by atoms with Crippen molar-refractivity contribution in [3.8, 4) is 0 Å². The van der Waals surface area contributed by atoms with Gasteiger partial charge < -0.3 is 5.11 Å². The van der Waals surface area contributed by atoms with Crippen molar-refractivity contribution in [2.75, 3.05) is 0 Å². The van der Waals surface area contributed by atoms with E-state index in [1.165, 1.54) is 25.3 Å². The summed E-state index contributed by atoms with van der Waals surface area (Å²) in [6, 6.07) is 0. The summed E-state index contributed by atoms with van der Waals surface area (Å²) < 4.78 is 0. The summed E-state index contributed by atoms with van der Waals surface area (Å²) in [6.07, 6.45) is 32.8. The normalized spacial score (nSPS) is 13.0. The van der Waals surface area contributed by atoms with Gasteiger partial charge in [0.2, 0.25) is 0 Å². The van der Waals surface area contributed by atoms with Crippen LogP contribution in [0.1, 0.15) is 58.3 Å². The van der Waals surface area contributed by atoms with Crippen LogP contribution in [0, 0.1) is 0 Å². The highest BCUT2D eigenvalue weighted by Gasteiger charge is 1.85. The monoisotopic (exact) mass is 328 g/mol. The molecule has 0 aliphatic heterocycles. The Bertz CT molecular complexity index is 462.